The van der Waals surface area contributed by atoms with Gasteiger partial charge in [0.1, 0.15) is 0 Å². The van der Waals surface area contributed by atoms with Crippen LogP contribution < -0.4 is 0 Å². The highest BCUT2D eigenvalue weighted by molar-refractivity contribution is 4.97. The van der Waals surface area contributed by atoms with Crippen LogP contribution in [0.4, 0.5) is 0 Å². The van der Waals surface area contributed by atoms with Crippen LogP contribution in [-0.2, 0) is 4.74 Å². The first-order chi connectivity index (χ1) is 11.0. The van der Waals surface area contributed by atoms with E-state index in [1.165, 1.54) is 64.8 Å². The molecular formula is C20H38N2O. The highest BCUT2D eigenvalue weighted by Gasteiger charge is 2.46. The molecule has 0 aromatic heterocycles. The highest BCUT2D eigenvalue weighted by atomic mass is 16.5. The third-order valence-corrected chi connectivity index (χ3v) is 6.68. The van der Waals surface area contributed by atoms with Crippen molar-refractivity contribution in [1.29, 1.82) is 0 Å². The Hall–Kier alpha value is -0.120. The Kier molecular flexibility index (Phi) is 5.70. The molecule has 3 fully saturated rings. The summed E-state index contributed by atoms with van der Waals surface area (Å²) in [6.07, 6.45) is 8.00. The van der Waals surface area contributed by atoms with E-state index in [9.17, 15) is 0 Å². The second-order valence-electron chi connectivity index (χ2n) is 9.15. The van der Waals surface area contributed by atoms with Crippen molar-refractivity contribution in [2.45, 2.75) is 72.0 Å². The van der Waals surface area contributed by atoms with Crippen molar-refractivity contribution in [1.82, 2.24) is 9.80 Å². The second kappa shape index (κ2) is 7.41. The Morgan fingerprint density at radius 3 is 2.22 bits per heavy atom. The zero-order valence-electron chi connectivity index (χ0n) is 15.9. The van der Waals surface area contributed by atoms with E-state index in [2.05, 4.69) is 37.5 Å². The quantitative estimate of drug-likeness (QED) is 0.742. The summed E-state index contributed by atoms with van der Waals surface area (Å²) in [7, 11) is 0. The first-order valence-corrected chi connectivity index (χ1v) is 10.1. The lowest BCUT2D eigenvalue weighted by atomic mass is 9.55. The summed E-state index contributed by atoms with van der Waals surface area (Å²) in [6, 6.07) is 0. The molecule has 0 radical (unpaired) electrons. The maximum Gasteiger partial charge on any atom is 0.0717 e. The smallest absolute Gasteiger partial charge is 0.0717 e. The van der Waals surface area contributed by atoms with Crippen LogP contribution in [0.5, 0.6) is 0 Å². The van der Waals surface area contributed by atoms with Crippen molar-refractivity contribution < 1.29 is 4.74 Å². The van der Waals surface area contributed by atoms with Crippen molar-refractivity contribution in [3.05, 3.63) is 0 Å². The van der Waals surface area contributed by atoms with Gasteiger partial charge in [0, 0.05) is 26.2 Å². The third kappa shape index (κ3) is 4.49. The van der Waals surface area contributed by atoms with E-state index in [1.807, 2.05) is 0 Å². The Morgan fingerprint density at radius 2 is 1.61 bits per heavy atom. The first kappa shape index (κ1) is 17.7. The van der Waals surface area contributed by atoms with Gasteiger partial charge in [-0.15, -0.1) is 0 Å². The minimum absolute atomic E-state index is 0.371. The maximum absolute atomic E-state index is 5.96. The number of piperidine rings is 1. The summed E-state index contributed by atoms with van der Waals surface area (Å²) >= 11 is 0. The molecule has 2 saturated heterocycles. The Labute approximate surface area is 143 Å². The molecule has 2 heterocycles. The molecule has 3 rings (SSSR count). The van der Waals surface area contributed by atoms with Gasteiger partial charge in [-0.2, -0.15) is 0 Å². The maximum atomic E-state index is 5.96. The van der Waals surface area contributed by atoms with Crippen LogP contribution in [0, 0.1) is 17.3 Å². The zero-order valence-corrected chi connectivity index (χ0v) is 15.9. The van der Waals surface area contributed by atoms with Gasteiger partial charge in [0.25, 0.3) is 0 Å². The van der Waals surface area contributed by atoms with Crippen LogP contribution >= 0.6 is 0 Å². The van der Waals surface area contributed by atoms with Crippen molar-refractivity contribution in [2.75, 3.05) is 39.3 Å². The Morgan fingerprint density at radius 1 is 0.957 bits per heavy atom. The van der Waals surface area contributed by atoms with Crippen molar-refractivity contribution in [3.63, 3.8) is 0 Å². The minimum Gasteiger partial charge on any atom is -0.374 e. The van der Waals surface area contributed by atoms with Gasteiger partial charge in [0.05, 0.1) is 12.2 Å². The lowest BCUT2D eigenvalue weighted by Gasteiger charge is -2.54. The molecule has 0 amide bonds. The lowest BCUT2D eigenvalue weighted by Crippen LogP contribution is -2.49. The lowest BCUT2D eigenvalue weighted by molar-refractivity contribution is -0.0321. The second-order valence-corrected chi connectivity index (χ2v) is 9.15. The van der Waals surface area contributed by atoms with E-state index in [1.54, 1.807) is 0 Å². The van der Waals surface area contributed by atoms with Gasteiger partial charge in [-0.05, 0) is 76.3 Å². The van der Waals surface area contributed by atoms with Crippen molar-refractivity contribution in [2.24, 2.45) is 17.3 Å². The average molecular weight is 323 g/mol. The molecule has 1 saturated carbocycles. The first-order valence-electron chi connectivity index (χ1n) is 10.1. The molecular weight excluding hydrogens is 284 g/mol. The summed E-state index contributed by atoms with van der Waals surface area (Å²) in [5, 5.41) is 0. The monoisotopic (exact) mass is 322 g/mol. The molecule has 134 valence electrons. The van der Waals surface area contributed by atoms with E-state index < -0.39 is 0 Å². The third-order valence-electron chi connectivity index (χ3n) is 6.68. The molecule has 0 N–H and O–H groups in total. The number of rotatable bonds is 6. The molecule has 0 bridgehead atoms. The zero-order chi connectivity index (χ0) is 16.4. The largest absolute Gasteiger partial charge is 0.374 e. The average Bonchev–Trinajstić information content (AvgIpc) is 2.89. The highest BCUT2D eigenvalue weighted by Crippen LogP contribution is 2.54. The van der Waals surface area contributed by atoms with Crippen molar-refractivity contribution in [3.8, 4) is 0 Å². The number of hydrogen-bond donors (Lipinski definition) is 0. The van der Waals surface area contributed by atoms with Crippen molar-refractivity contribution >= 4 is 0 Å². The van der Waals surface area contributed by atoms with E-state index in [0.29, 0.717) is 12.2 Å². The molecule has 23 heavy (non-hydrogen) atoms. The van der Waals surface area contributed by atoms with E-state index in [4.69, 9.17) is 4.74 Å². The standard InChI is InChI=1S/C20H38N2O/c1-16(2)18-13-20(14-18)6-9-21(10-7-20)11-12-22-8-5-19(15-22)23-17(3)4/h16-19H,5-15H2,1-4H3. The normalized spacial score (nSPS) is 29.7. The molecule has 3 heteroatoms. The topological polar surface area (TPSA) is 15.7 Å². The van der Waals surface area contributed by atoms with Gasteiger partial charge >= 0.3 is 0 Å². The predicted molar refractivity (Wildman–Crippen MR) is 96.7 cm³/mol. The molecule has 1 spiro atoms. The number of ether oxygens (including phenoxy) is 1. The fourth-order valence-electron chi connectivity index (χ4n) is 4.96. The molecule has 3 aliphatic rings. The molecule has 2 aliphatic heterocycles. The van der Waals surface area contributed by atoms with E-state index in [-0.39, 0.29) is 0 Å². The Balaban J connectivity index is 1.31. The van der Waals surface area contributed by atoms with Gasteiger partial charge in [-0.3, -0.25) is 4.90 Å². The van der Waals surface area contributed by atoms with Gasteiger partial charge in [-0.1, -0.05) is 13.8 Å². The molecule has 3 nitrogen and oxygen atoms in total. The van der Waals surface area contributed by atoms with Gasteiger partial charge in [-0.25, -0.2) is 0 Å². The summed E-state index contributed by atoms with van der Waals surface area (Å²) in [6.45, 7) is 16.6. The Bertz CT molecular complexity index is 366. The molecule has 1 unspecified atom stereocenters. The fraction of sp³-hybridized carbons (Fsp3) is 1.00. The summed E-state index contributed by atoms with van der Waals surface area (Å²) in [5.74, 6) is 1.92. The predicted octanol–water partition coefficient (Wildman–Crippen LogP) is 3.63. The molecule has 0 aromatic rings. The minimum atomic E-state index is 0.371. The number of hydrogen-bond acceptors (Lipinski definition) is 3. The van der Waals surface area contributed by atoms with E-state index >= 15 is 0 Å². The van der Waals surface area contributed by atoms with Crippen LogP contribution in [0.1, 0.15) is 59.8 Å². The molecule has 1 atom stereocenters. The fourth-order valence-corrected chi connectivity index (χ4v) is 4.96. The van der Waals surface area contributed by atoms with Crippen LogP contribution in [0.2, 0.25) is 0 Å². The number of likely N-dealkylation sites (tertiary alicyclic amines) is 2. The molecule has 1 aliphatic carbocycles. The molecule has 0 aromatic carbocycles. The summed E-state index contributed by atoms with van der Waals surface area (Å²) in [5.41, 5.74) is 0.745. The van der Waals surface area contributed by atoms with Gasteiger partial charge in [0.15, 0.2) is 0 Å². The summed E-state index contributed by atoms with van der Waals surface area (Å²) < 4.78 is 5.96. The number of nitrogens with zero attached hydrogens (tertiary/aromatic N) is 2. The van der Waals surface area contributed by atoms with Gasteiger partial charge in [0.2, 0.25) is 0 Å². The van der Waals surface area contributed by atoms with Crippen LogP contribution in [0.3, 0.4) is 0 Å². The van der Waals surface area contributed by atoms with Crippen LogP contribution in [0.25, 0.3) is 0 Å². The van der Waals surface area contributed by atoms with Crippen LogP contribution in [-0.4, -0.2) is 61.3 Å². The SMILES string of the molecule is CC(C)OC1CCN(CCN2CCC3(CC2)CC(C(C)C)C3)C1. The van der Waals surface area contributed by atoms with E-state index in [0.717, 1.165) is 23.8 Å². The van der Waals surface area contributed by atoms with Crippen LogP contribution in [0.15, 0.2) is 0 Å². The summed E-state index contributed by atoms with van der Waals surface area (Å²) in [4.78, 5) is 5.32. The van der Waals surface area contributed by atoms with Gasteiger partial charge < -0.3 is 9.64 Å².